The van der Waals surface area contributed by atoms with Crippen molar-refractivity contribution in [1.82, 2.24) is 14.9 Å². The minimum Gasteiger partial charge on any atom is -0.493 e. The number of amides is 2. The van der Waals surface area contributed by atoms with Crippen molar-refractivity contribution in [2.75, 3.05) is 45.8 Å². The van der Waals surface area contributed by atoms with Crippen molar-refractivity contribution in [2.45, 2.75) is 0 Å². The van der Waals surface area contributed by atoms with E-state index in [0.29, 0.717) is 54.3 Å². The molecule has 1 aliphatic rings. The molecule has 0 aliphatic carbocycles. The smallest absolute Gasteiger partial charge is 0.296 e. The SMILES string of the molecule is COc1cc2ncnc(Oc3cc(F)c(C(=O)C(=O)Nc4ccc(C(=O)N5CCOCC5)cc4)c(F)c3)c2cc1OC. The number of anilines is 1. The largest absolute Gasteiger partial charge is 0.493 e. The first kappa shape index (κ1) is 28.4. The number of ketones is 1. The molecule has 0 saturated carbocycles. The highest BCUT2D eigenvalue weighted by atomic mass is 19.1. The van der Waals surface area contributed by atoms with Crippen molar-refractivity contribution in [3.05, 3.63) is 77.6 Å². The Morgan fingerprint density at radius 3 is 2.19 bits per heavy atom. The van der Waals surface area contributed by atoms with Gasteiger partial charge in [0.2, 0.25) is 5.88 Å². The van der Waals surface area contributed by atoms with Crippen molar-refractivity contribution >= 4 is 34.2 Å². The van der Waals surface area contributed by atoms with E-state index in [4.69, 9.17) is 18.9 Å². The molecule has 0 spiro atoms. The van der Waals surface area contributed by atoms with Crippen LogP contribution in [0.3, 0.4) is 0 Å². The number of carbonyl (C=O) groups is 3. The fourth-order valence-corrected chi connectivity index (χ4v) is 4.32. The predicted octanol–water partition coefficient (Wildman–Crippen LogP) is 4.01. The molecule has 1 N–H and O–H groups in total. The Kier molecular flexibility index (Phi) is 8.20. The van der Waals surface area contributed by atoms with Crippen LogP contribution in [0.15, 0.2) is 54.9 Å². The van der Waals surface area contributed by atoms with Gasteiger partial charge in [-0.05, 0) is 30.3 Å². The Morgan fingerprint density at radius 2 is 1.55 bits per heavy atom. The lowest BCUT2D eigenvalue weighted by Gasteiger charge is -2.26. The van der Waals surface area contributed by atoms with E-state index in [1.54, 1.807) is 17.0 Å². The van der Waals surface area contributed by atoms with Gasteiger partial charge in [0, 0.05) is 42.5 Å². The Balaban J connectivity index is 1.31. The molecule has 0 bridgehead atoms. The standard InChI is InChI=1S/C29H24F2N4O7/c1-39-23-13-19-22(14-24(23)40-2)32-15-33-28(19)42-18-11-20(30)25(21(31)12-18)26(36)27(37)34-17-5-3-16(4-6-17)29(38)35-7-9-41-10-8-35/h3-6,11-15H,7-10H2,1-2H3,(H,34,37). The Bertz CT molecular complexity index is 1650. The van der Waals surface area contributed by atoms with Crippen molar-refractivity contribution in [3.8, 4) is 23.1 Å². The van der Waals surface area contributed by atoms with Crippen LogP contribution >= 0.6 is 0 Å². The summed E-state index contributed by atoms with van der Waals surface area (Å²) in [6.07, 6.45) is 1.20. The first-order valence-corrected chi connectivity index (χ1v) is 12.7. The molecule has 0 atom stereocenters. The first-order chi connectivity index (χ1) is 20.3. The molecule has 1 saturated heterocycles. The Labute approximate surface area is 238 Å². The molecule has 13 heteroatoms. The molecule has 1 aliphatic heterocycles. The zero-order chi connectivity index (χ0) is 29.8. The van der Waals surface area contributed by atoms with E-state index in [2.05, 4.69) is 15.3 Å². The summed E-state index contributed by atoms with van der Waals surface area (Å²) in [4.78, 5) is 47.7. The van der Waals surface area contributed by atoms with Crippen molar-refractivity contribution < 1.29 is 42.1 Å². The predicted molar refractivity (Wildman–Crippen MR) is 145 cm³/mol. The summed E-state index contributed by atoms with van der Waals surface area (Å²) in [6.45, 7) is 1.83. The van der Waals surface area contributed by atoms with Gasteiger partial charge < -0.3 is 29.2 Å². The topological polar surface area (TPSA) is 129 Å². The van der Waals surface area contributed by atoms with E-state index in [-0.39, 0.29) is 23.2 Å². The summed E-state index contributed by atoms with van der Waals surface area (Å²) in [5.74, 6) is -5.11. The number of rotatable bonds is 8. The van der Waals surface area contributed by atoms with Crippen molar-refractivity contribution in [1.29, 1.82) is 0 Å². The molecule has 3 aromatic carbocycles. The normalized spacial score (nSPS) is 13.0. The van der Waals surface area contributed by atoms with Gasteiger partial charge in [-0.25, -0.2) is 18.7 Å². The van der Waals surface area contributed by atoms with Crippen LogP contribution in [0.5, 0.6) is 23.1 Å². The molecule has 1 fully saturated rings. The molecule has 1 aromatic heterocycles. The lowest BCUT2D eigenvalue weighted by atomic mass is 10.1. The number of nitrogens with zero attached hydrogens (tertiary/aromatic N) is 3. The van der Waals surface area contributed by atoms with E-state index >= 15 is 0 Å². The van der Waals surface area contributed by atoms with Gasteiger partial charge in [-0.15, -0.1) is 0 Å². The average molecular weight is 579 g/mol. The number of ether oxygens (including phenoxy) is 4. The van der Waals surface area contributed by atoms with Gasteiger partial charge in [-0.2, -0.15) is 0 Å². The Hall–Kier alpha value is -5.17. The molecule has 42 heavy (non-hydrogen) atoms. The summed E-state index contributed by atoms with van der Waals surface area (Å²) in [6, 6.07) is 10.5. The molecule has 4 aromatic rings. The second kappa shape index (κ2) is 12.1. The van der Waals surface area contributed by atoms with Crippen LogP contribution in [0.1, 0.15) is 20.7 Å². The molecular weight excluding hydrogens is 554 g/mol. The number of hydrogen-bond acceptors (Lipinski definition) is 9. The first-order valence-electron chi connectivity index (χ1n) is 12.7. The van der Waals surface area contributed by atoms with Crippen LogP contribution < -0.4 is 19.5 Å². The van der Waals surface area contributed by atoms with E-state index in [9.17, 15) is 23.2 Å². The fraction of sp³-hybridized carbons (Fsp3) is 0.207. The van der Waals surface area contributed by atoms with E-state index in [1.807, 2.05) is 0 Å². The molecule has 2 heterocycles. The number of hydrogen-bond donors (Lipinski definition) is 1. The average Bonchev–Trinajstić information content (AvgIpc) is 3.00. The summed E-state index contributed by atoms with van der Waals surface area (Å²) < 4.78 is 51.3. The van der Waals surface area contributed by atoms with E-state index in [0.717, 1.165) is 12.1 Å². The summed E-state index contributed by atoms with van der Waals surface area (Å²) in [7, 11) is 2.90. The van der Waals surface area contributed by atoms with Gasteiger partial charge in [0.1, 0.15) is 23.7 Å². The van der Waals surface area contributed by atoms with Crippen LogP contribution in [-0.2, 0) is 9.53 Å². The van der Waals surface area contributed by atoms with Gasteiger partial charge in [0.25, 0.3) is 17.6 Å². The Morgan fingerprint density at radius 1 is 0.905 bits per heavy atom. The van der Waals surface area contributed by atoms with Crippen LogP contribution in [0, 0.1) is 11.6 Å². The van der Waals surface area contributed by atoms with E-state index < -0.39 is 28.9 Å². The molecule has 0 unspecified atom stereocenters. The third-order valence-corrected chi connectivity index (χ3v) is 6.46. The second-order valence-corrected chi connectivity index (χ2v) is 9.03. The lowest BCUT2D eigenvalue weighted by molar-refractivity contribution is -0.112. The van der Waals surface area contributed by atoms with Gasteiger partial charge in [-0.1, -0.05) is 0 Å². The quantitative estimate of drug-likeness (QED) is 0.244. The van der Waals surface area contributed by atoms with Gasteiger partial charge in [0.15, 0.2) is 11.5 Å². The van der Waals surface area contributed by atoms with Crippen LogP contribution in [0.25, 0.3) is 10.9 Å². The number of aromatic nitrogens is 2. The molecule has 5 rings (SSSR count). The monoisotopic (exact) mass is 578 g/mol. The molecular formula is C29H24F2N4O7. The highest BCUT2D eigenvalue weighted by Crippen LogP contribution is 2.36. The summed E-state index contributed by atoms with van der Waals surface area (Å²) in [5.41, 5.74) is -0.100. The maximum absolute atomic E-state index is 15.0. The van der Waals surface area contributed by atoms with Crippen molar-refractivity contribution in [2.24, 2.45) is 0 Å². The molecule has 216 valence electrons. The zero-order valence-corrected chi connectivity index (χ0v) is 22.5. The number of carbonyl (C=O) groups excluding carboxylic acids is 3. The molecule has 11 nitrogen and oxygen atoms in total. The number of halogens is 2. The molecule has 2 amide bonds. The number of benzene rings is 3. The lowest BCUT2D eigenvalue weighted by Crippen LogP contribution is -2.40. The highest BCUT2D eigenvalue weighted by Gasteiger charge is 2.26. The summed E-state index contributed by atoms with van der Waals surface area (Å²) >= 11 is 0. The number of Topliss-reactive ketones (excluding diaryl/α,β-unsaturated/α-hetero) is 1. The van der Waals surface area contributed by atoms with Crippen molar-refractivity contribution in [3.63, 3.8) is 0 Å². The number of fused-ring (bicyclic) bond motifs is 1. The minimum atomic E-state index is -1.44. The van der Waals surface area contributed by atoms with Crippen LogP contribution in [-0.4, -0.2) is 73.0 Å². The van der Waals surface area contributed by atoms with Gasteiger partial charge in [0.05, 0.1) is 43.9 Å². The van der Waals surface area contributed by atoms with Crippen LogP contribution in [0.4, 0.5) is 14.5 Å². The minimum absolute atomic E-state index is 0.0351. The number of morpholine rings is 1. The molecule has 0 radical (unpaired) electrons. The van der Waals surface area contributed by atoms with Gasteiger partial charge in [-0.3, -0.25) is 14.4 Å². The zero-order valence-electron chi connectivity index (χ0n) is 22.5. The maximum atomic E-state index is 15.0. The third kappa shape index (κ3) is 5.81. The van der Waals surface area contributed by atoms with E-state index in [1.165, 1.54) is 44.8 Å². The number of methoxy groups -OCH3 is 2. The summed E-state index contributed by atoms with van der Waals surface area (Å²) in [5, 5.41) is 2.67. The second-order valence-electron chi connectivity index (χ2n) is 9.03. The third-order valence-electron chi connectivity index (χ3n) is 6.46. The maximum Gasteiger partial charge on any atom is 0.296 e. The fourth-order valence-electron chi connectivity index (χ4n) is 4.32. The number of nitrogens with one attached hydrogen (secondary N) is 1. The van der Waals surface area contributed by atoms with Gasteiger partial charge >= 0.3 is 0 Å². The van der Waals surface area contributed by atoms with Crippen LogP contribution in [0.2, 0.25) is 0 Å². The highest BCUT2D eigenvalue weighted by molar-refractivity contribution is 6.46.